The van der Waals surface area contributed by atoms with Crippen LogP contribution in [-0.2, 0) is 14.3 Å². The molecule has 1 aliphatic heterocycles. The summed E-state index contributed by atoms with van der Waals surface area (Å²) >= 11 is 5.86. The van der Waals surface area contributed by atoms with Gasteiger partial charge in [-0.1, -0.05) is 37.6 Å². The summed E-state index contributed by atoms with van der Waals surface area (Å²) in [6.45, 7) is 4.32. The molecular weight excluding hydrogens is 366 g/mol. The van der Waals surface area contributed by atoms with Gasteiger partial charge in [0.2, 0.25) is 5.90 Å². The summed E-state index contributed by atoms with van der Waals surface area (Å²) in [6.07, 6.45) is 1.61. The molecule has 0 bridgehead atoms. The van der Waals surface area contributed by atoms with Crippen molar-refractivity contribution in [2.45, 2.75) is 13.8 Å². The number of carbonyl (C=O) groups is 2. The molecule has 0 amide bonds. The van der Waals surface area contributed by atoms with Gasteiger partial charge in [-0.25, -0.2) is 14.6 Å². The van der Waals surface area contributed by atoms with Crippen molar-refractivity contribution in [1.82, 2.24) is 0 Å². The number of ether oxygens (including phenoxy) is 2. The lowest BCUT2D eigenvalue weighted by Gasteiger charge is -2.07. The van der Waals surface area contributed by atoms with Crippen LogP contribution in [0.4, 0.5) is 0 Å². The molecule has 2 aromatic rings. The van der Waals surface area contributed by atoms with E-state index < -0.39 is 5.97 Å². The van der Waals surface area contributed by atoms with Gasteiger partial charge in [0.25, 0.3) is 0 Å². The summed E-state index contributed by atoms with van der Waals surface area (Å²) in [6, 6.07) is 13.6. The van der Waals surface area contributed by atoms with Crippen molar-refractivity contribution in [3.8, 4) is 0 Å². The molecule has 0 saturated carbocycles. The van der Waals surface area contributed by atoms with E-state index in [9.17, 15) is 9.59 Å². The van der Waals surface area contributed by atoms with Gasteiger partial charge in [0.15, 0.2) is 5.70 Å². The first-order chi connectivity index (χ1) is 12.9. The third kappa shape index (κ3) is 4.83. The molecule has 0 fully saturated rings. The summed E-state index contributed by atoms with van der Waals surface area (Å²) in [5.41, 5.74) is 2.04. The van der Waals surface area contributed by atoms with Crippen molar-refractivity contribution in [3.05, 3.63) is 75.9 Å². The van der Waals surface area contributed by atoms with Gasteiger partial charge in [-0.3, -0.25) is 0 Å². The molecule has 0 saturated heterocycles. The molecule has 0 N–H and O–H groups in total. The van der Waals surface area contributed by atoms with Crippen molar-refractivity contribution < 1.29 is 19.1 Å². The molecule has 6 heteroatoms. The Bertz CT molecular complexity index is 912. The van der Waals surface area contributed by atoms with Gasteiger partial charge in [-0.05, 0) is 54.0 Å². The molecule has 138 valence electrons. The third-order valence-electron chi connectivity index (χ3n) is 3.71. The SMILES string of the molecule is CC(C)COC(=O)c1ccc(/C=C2\N=C(c3ccc(Cl)cc3)OC2=O)cc1. The highest BCUT2D eigenvalue weighted by Gasteiger charge is 2.24. The van der Waals surface area contributed by atoms with Crippen LogP contribution in [0.5, 0.6) is 0 Å². The second kappa shape index (κ2) is 8.18. The maximum absolute atomic E-state index is 12.0. The summed E-state index contributed by atoms with van der Waals surface area (Å²) < 4.78 is 10.4. The second-order valence-corrected chi connectivity index (χ2v) is 6.89. The minimum Gasteiger partial charge on any atom is -0.462 e. The van der Waals surface area contributed by atoms with Crippen LogP contribution < -0.4 is 0 Å². The second-order valence-electron chi connectivity index (χ2n) is 6.46. The lowest BCUT2D eigenvalue weighted by Crippen LogP contribution is -2.10. The fourth-order valence-corrected chi connectivity index (χ4v) is 2.45. The van der Waals surface area contributed by atoms with Crippen molar-refractivity contribution in [2.75, 3.05) is 6.61 Å². The number of cyclic esters (lactones) is 1. The Morgan fingerprint density at radius 2 is 1.81 bits per heavy atom. The number of carbonyl (C=O) groups excluding carboxylic acids is 2. The molecule has 0 aromatic heterocycles. The van der Waals surface area contributed by atoms with Gasteiger partial charge in [-0.15, -0.1) is 0 Å². The Hall–Kier alpha value is -2.92. The van der Waals surface area contributed by atoms with E-state index in [4.69, 9.17) is 21.1 Å². The van der Waals surface area contributed by atoms with Gasteiger partial charge in [-0.2, -0.15) is 0 Å². The lowest BCUT2D eigenvalue weighted by atomic mass is 10.1. The van der Waals surface area contributed by atoms with Crippen LogP contribution in [0, 0.1) is 5.92 Å². The Kier molecular flexibility index (Phi) is 5.72. The van der Waals surface area contributed by atoms with E-state index >= 15 is 0 Å². The number of esters is 2. The number of halogens is 1. The monoisotopic (exact) mass is 383 g/mol. The quantitative estimate of drug-likeness (QED) is 0.563. The van der Waals surface area contributed by atoms with E-state index in [0.717, 1.165) is 5.56 Å². The molecule has 0 aliphatic carbocycles. The van der Waals surface area contributed by atoms with Crippen LogP contribution in [0.3, 0.4) is 0 Å². The highest BCUT2D eigenvalue weighted by molar-refractivity contribution is 6.30. The molecule has 5 nitrogen and oxygen atoms in total. The molecule has 1 heterocycles. The van der Waals surface area contributed by atoms with Crippen LogP contribution in [0.15, 0.2) is 59.2 Å². The molecule has 1 aliphatic rings. The molecule has 3 rings (SSSR count). The third-order valence-corrected chi connectivity index (χ3v) is 3.96. The summed E-state index contributed by atoms with van der Waals surface area (Å²) in [5, 5.41) is 0.589. The van der Waals surface area contributed by atoms with E-state index in [2.05, 4.69) is 4.99 Å². The topological polar surface area (TPSA) is 65.0 Å². The largest absolute Gasteiger partial charge is 0.462 e. The number of nitrogens with zero attached hydrogens (tertiary/aromatic N) is 1. The van der Waals surface area contributed by atoms with Crippen molar-refractivity contribution in [3.63, 3.8) is 0 Å². The zero-order chi connectivity index (χ0) is 19.4. The van der Waals surface area contributed by atoms with E-state index in [1.54, 1.807) is 54.6 Å². The fourth-order valence-electron chi connectivity index (χ4n) is 2.32. The Balaban J connectivity index is 1.75. The first-order valence-electron chi connectivity index (χ1n) is 8.48. The summed E-state index contributed by atoms with van der Waals surface area (Å²) in [5.74, 6) is -0.387. The predicted octanol–water partition coefficient (Wildman–Crippen LogP) is 4.50. The number of rotatable bonds is 5. The van der Waals surface area contributed by atoms with Crippen LogP contribution in [0.25, 0.3) is 6.08 Å². The van der Waals surface area contributed by atoms with Gasteiger partial charge in [0.05, 0.1) is 12.2 Å². The Morgan fingerprint density at radius 3 is 2.44 bits per heavy atom. The first-order valence-corrected chi connectivity index (χ1v) is 8.86. The van der Waals surface area contributed by atoms with Crippen LogP contribution in [-0.4, -0.2) is 24.4 Å². The normalized spacial score (nSPS) is 15.0. The number of hydrogen-bond donors (Lipinski definition) is 0. The lowest BCUT2D eigenvalue weighted by molar-refractivity contribution is -0.129. The van der Waals surface area contributed by atoms with Crippen LogP contribution in [0.2, 0.25) is 5.02 Å². The number of aliphatic imine (C=N–C) groups is 1. The van der Waals surface area contributed by atoms with Gasteiger partial charge in [0, 0.05) is 10.6 Å². The molecule has 0 spiro atoms. The minimum absolute atomic E-state index is 0.190. The Morgan fingerprint density at radius 1 is 1.15 bits per heavy atom. The van der Waals surface area contributed by atoms with E-state index in [0.29, 0.717) is 22.8 Å². The van der Waals surface area contributed by atoms with Crippen LogP contribution in [0.1, 0.15) is 35.3 Å². The standard InChI is InChI=1S/C21H18ClNO4/c1-13(2)12-26-20(24)16-5-3-14(4-6-16)11-18-21(25)27-19(23-18)15-7-9-17(22)10-8-15/h3-11,13H,12H2,1-2H3/b18-11-. The molecular formula is C21H18ClNO4. The molecule has 27 heavy (non-hydrogen) atoms. The molecule has 0 unspecified atom stereocenters. The minimum atomic E-state index is -0.527. The first kappa shape index (κ1) is 18.9. The zero-order valence-corrected chi connectivity index (χ0v) is 15.7. The van der Waals surface area contributed by atoms with Crippen LogP contribution >= 0.6 is 11.6 Å². The van der Waals surface area contributed by atoms with Gasteiger partial charge >= 0.3 is 11.9 Å². The number of hydrogen-bond acceptors (Lipinski definition) is 5. The van der Waals surface area contributed by atoms with Gasteiger partial charge in [0.1, 0.15) is 0 Å². The zero-order valence-electron chi connectivity index (χ0n) is 14.9. The van der Waals surface area contributed by atoms with E-state index in [1.165, 1.54) is 0 Å². The van der Waals surface area contributed by atoms with E-state index in [1.807, 2.05) is 13.8 Å². The average Bonchev–Trinajstić information content (AvgIpc) is 3.01. The van der Waals surface area contributed by atoms with Crippen molar-refractivity contribution in [2.24, 2.45) is 10.9 Å². The number of benzene rings is 2. The highest BCUT2D eigenvalue weighted by atomic mass is 35.5. The molecule has 0 radical (unpaired) electrons. The van der Waals surface area contributed by atoms with Crippen molar-refractivity contribution in [1.29, 1.82) is 0 Å². The summed E-state index contributed by atoms with van der Waals surface area (Å²) in [4.78, 5) is 28.2. The molecule has 2 aromatic carbocycles. The smallest absolute Gasteiger partial charge is 0.363 e. The summed E-state index contributed by atoms with van der Waals surface area (Å²) in [7, 11) is 0. The van der Waals surface area contributed by atoms with E-state index in [-0.39, 0.29) is 23.5 Å². The molecule has 0 atom stereocenters. The highest BCUT2D eigenvalue weighted by Crippen LogP contribution is 2.20. The fraction of sp³-hybridized carbons (Fsp3) is 0.190. The maximum Gasteiger partial charge on any atom is 0.363 e. The maximum atomic E-state index is 12.0. The van der Waals surface area contributed by atoms with Gasteiger partial charge < -0.3 is 9.47 Å². The average molecular weight is 384 g/mol. The van der Waals surface area contributed by atoms with Crippen molar-refractivity contribution >= 4 is 35.5 Å². The Labute approximate surface area is 162 Å². The predicted molar refractivity (Wildman–Crippen MR) is 104 cm³/mol.